The van der Waals surface area contributed by atoms with Crippen LogP contribution in [0.3, 0.4) is 0 Å². The predicted molar refractivity (Wildman–Crippen MR) is 109 cm³/mol. The van der Waals surface area contributed by atoms with Crippen LogP contribution in [0.5, 0.6) is 0 Å². The van der Waals surface area contributed by atoms with Crippen LogP contribution in [0.2, 0.25) is 0 Å². The molecule has 2 rings (SSSR count). The number of anilines is 1. The fraction of sp³-hybridized carbons (Fsp3) is 0.222. The number of benzene rings is 1. The standard InChI is InChI=1S/C18H21N3O4S2/c1-18(2,3)21-27(23,24)15-9-6-13(7-10-15)19-17(26)20-16(22)11-8-14-5-4-12-25-14/h4-12,21H,1-3H3,(H2,19,20,22,26). The van der Waals surface area contributed by atoms with Gasteiger partial charge in [0.15, 0.2) is 5.11 Å². The van der Waals surface area contributed by atoms with Crippen molar-refractivity contribution in [2.24, 2.45) is 0 Å². The van der Waals surface area contributed by atoms with E-state index in [9.17, 15) is 13.2 Å². The molecule has 1 amide bonds. The Labute approximate surface area is 163 Å². The average molecular weight is 408 g/mol. The van der Waals surface area contributed by atoms with E-state index in [0.29, 0.717) is 11.4 Å². The Kier molecular flexibility index (Phi) is 6.53. The smallest absolute Gasteiger partial charge is 0.250 e. The molecule has 0 atom stereocenters. The summed E-state index contributed by atoms with van der Waals surface area (Å²) in [5.41, 5.74) is -0.0323. The first-order chi connectivity index (χ1) is 12.5. The van der Waals surface area contributed by atoms with Gasteiger partial charge >= 0.3 is 0 Å². The van der Waals surface area contributed by atoms with Crippen LogP contribution >= 0.6 is 12.2 Å². The Hall–Kier alpha value is -2.49. The predicted octanol–water partition coefficient (Wildman–Crippen LogP) is 2.88. The van der Waals surface area contributed by atoms with Gasteiger partial charge in [-0.25, -0.2) is 13.1 Å². The average Bonchev–Trinajstić information content (AvgIpc) is 3.04. The van der Waals surface area contributed by atoms with E-state index in [4.69, 9.17) is 16.6 Å². The van der Waals surface area contributed by atoms with Gasteiger partial charge in [0.2, 0.25) is 15.9 Å². The Morgan fingerprint density at radius 1 is 1.15 bits per heavy atom. The number of furan rings is 1. The number of hydrogen-bond acceptors (Lipinski definition) is 5. The Bertz CT molecular complexity index is 926. The second-order valence-electron chi connectivity index (χ2n) is 6.67. The highest BCUT2D eigenvalue weighted by Crippen LogP contribution is 2.16. The maximum Gasteiger partial charge on any atom is 0.250 e. The van der Waals surface area contributed by atoms with Crippen molar-refractivity contribution in [3.8, 4) is 0 Å². The number of carbonyl (C=O) groups is 1. The van der Waals surface area contributed by atoms with E-state index in [2.05, 4.69) is 15.4 Å². The number of rotatable bonds is 5. The van der Waals surface area contributed by atoms with Crippen LogP contribution in [0.4, 0.5) is 5.69 Å². The normalized spacial score (nSPS) is 12.1. The van der Waals surface area contributed by atoms with Crippen molar-refractivity contribution in [2.75, 3.05) is 5.32 Å². The molecule has 3 N–H and O–H groups in total. The quantitative estimate of drug-likeness (QED) is 0.521. The van der Waals surface area contributed by atoms with Crippen LogP contribution in [-0.2, 0) is 14.8 Å². The molecule has 0 saturated carbocycles. The molecule has 0 bridgehead atoms. The zero-order valence-corrected chi connectivity index (χ0v) is 16.8. The van der Waals surface area contributed by atoms with Gasteiger partial charge in [0, 0.05) is 17.3 Å². The van der Waals surface area contributed by atoms with Crippen molar-refractivity contribution in [3.63, 3.8) is 0 Å². The minimum atomic E-state index is -3.61. The highest BCUT2D eigenvalue weighted by Gasteiger charge is 2.21. The summed E-state index contributed by atoms with van der Waals surface area (Å²) in [5, 5.41) is 5.40. The molecular weight excluding hydrogens is 386 g/mol. The van der Waals surface area contributed by atoms with E-state index >= 15 is 0 Å². The van der Waals surface area contributed by atoms with Crippen molar-refractivity contribution >= 4 is 45.0 Å². The molecule has 0 aliphatic rings. The number of carbonyl (C=O) groups excluding carboxylic acids is 1. The van der Waals surface area contributed by atoms with Gasteiger partial charge in [-0.1, -0.05) is 0 Å². The zero-order valence-electron chi connectivity index (χ0n) is 15.1. The highest BCUT2D eigenvalue weighted by atomic mass is 32.2. The van der Waals surface area contributed by atoms with Crippen molar-refractivity contribution in [1.29, 1.82) is 0 Å². The SMILES string of the molecule is CC(C)(C)NS(=O)(=O)c1ccc(NC(=S)NC(=O)C=Cc2ccco2)cc1. The number of sulfonamides is 1. The molecule has 144 valence electrons. The summed E-state index contributed by atoms with van der Waals surface area (Å²) in [4.78, 5) is 11.9. The summed E-state index contributed by atoms with van der Waals surface area (Å²) in [7, 11) is -3.61. The molecule has 1 aromatic carbocycles. The summed E-state index contributed by atoms with van der Waals surface area (Å²) >= 11 is 5.07. The van der Waals surface area contributed by atoms with Gasteiger partial charge in [0.1, 0.15) is 5.76 Å². The van der Waals surface area contributed by atoms with E-state index in [-0.39, 0.29) is 10.0 Å². The van der Waals surface area contributed by atoms with Gasteiger partial charge in [0.05, 0.1) is 11.2 Å². The number of nitrogens with one attached hydrogen (secondary N) is 3. The van der Waals surface area contributed by atoms with E-state index in [1.165, 1.54) is 30.5 Å². The third kappa shape index (κ3) is 6.97. The second-order valence-corrected chi connectivity index (χ2v) is 8.76. The van der Waals surface area contributed by atoms with Gasteiger partial charge in [-0.05, 0) is 75.5 Å². The number of hydrogen-bond donors (Lipinski definition) is 3. The third-order valence-corrected chi connectivity index (χ3v) is 5.02. The third-order valence-electron chi connectivity index (χ3n) is 3.04. The molecule has 7 nitrogen and oxygen atoms in total. The van der Waals surface area contributed by atoms with E-state index in [0.717, 1.165) is 0 Å². The molecule has 0 aliphatic carbocycles. The Morgan fingerprint density at radius 2 is 1.81 bits per heavy atom. The summed E-state index contributed by atoms with van der Waals surface area (Å²) in [5.74, 6) is 0.127. The van der Waals surface area contributed by atoms with Crippen molar-refractivity contribution in [3.05, 3.63) is 54.5 Å². The molecule has 1 heterocycles. The molecule has 0 spiro atoms. The topological polar surface area (TPSA) is 100 Å². The van der Waals surface area contributed by atoms with Crippen molar-refractivity contribution < 1.29 is 17.6 Å². The van der Waals surface area contributed by atoms with Crippen LogP contribution in [0, 0.1) is 0 Å². The van der Waals surface area contributed by atoms with Crippen LogP contribution in [-0.4, -0.2) is 25.0 Å². The van der Waals surface area contributed by atoms with Gasteiger partial charge in [-0.2, -0.15) is 0 Å². The summed E-state index contributed by atoms with van der Waals surface area (Å²) in [6.07, 6.45) is 4.31. The van der Waals surface area contributed by atoms with Gasteiger partial charge < -0.3 is 9.73 Å². The zero-order chi connectivity index (χ0) is 20.1. The van der Waals surface area contributed by atoms with Gasteiger partial charge in [0.25, 0.3) is 0 Å². The molecular formula is C18H21N3O4S2. The van der Waals surface area contributed by atoms with Crippen LogP contribution in [0.15, 0.2) is 58.1 Å². The first-order valence-electron chi connectivity index (χ1n) is 8.03. The molecule has 0 aliphatic heterocycles. The summed E-state index contributed by atoms with van der Waals surface area (Å²) in [6.45, 7) is 5.30. The molecule has 0 radical (unpaired) electrons. The van der Waals surface area contributed by atoms with Gasteiger partial charge in [-0.3, -0.25) is 10.1 Å². The fourth-order valence-corrected chi connectivity index (χ4v) is 3.68. The lowest BCUT2D eigenvalue weighted by Gasteiger charge is -2.20. The number of thiocarbonyl (C=S) groups is 1. The van der Waals surface area contributed by atoms with E-state index < -0.39 is 21.5 Å². The number of amides is 1. The summed E-state index contributed by atoms with van der Waals surface area (Å²) in [6, 6.07) is 9.47. The Balaban J connectivity index is 1.94. The maximum absolute atomic E-state index is 12.3. The highest BCUT2D eigenvalue weighted by molar-refractivity contribution is 7.89. The lowest BCUT2D eigenvalue weighted by atomic mass is 10.1. The van der Waals surface area contributed by atoms with Crippen LogP contribution in [0.25, 0.3) is 6.08 Å². The van der Waals surface area contributed by atoms with Crippen LogP contribution in [0.1, 0.15) is 26.5 Å². The van der Waals surface area contributed by atoms with Gasteiger partial charge in [-0.15, -0.1) is 0 Å². The first kappa shape index (κ1) is 20.8. The molecule has 9 heteroatoms. The monoisotopic (exact) mass is 407 g/mol. The molecule has 0 unspecified atom stereocenters. The molecule has 0 fully saturated rings. The molecule has 2 aromatic rings. The van der Waals surface area contributed by atoms with Crippen molar-refractivity contribution in [2.45, 2.75) is 31.2 Å². The second kappa shape index (κ2) is 8.47. The van der Waals surface area contributed by atoms with Crippen molar-refractivity contribution in [1.82, 2.24) is 10.0 Å². The fourth-order valence-electron chi connectivity index (χ4n) is 2.04. The van der Waals surface area contributed by atoms with Crippen LogP contribution < -0.4 is 15.4 Å². The minimum Gasteiger partial charge on any atom is -0.465 e. The Morgan fingerprint density at radius 3 is 2.37 bits per heavy atom. The largest absolute Gasteiger partial charge is 0.465 e. The molecule has 1 aromatic heterocycles. The lowest BCUT2D eigenvalue weighted by Crippen LogP contribution is -2.40. The molecule has 27 heavy (non-hydrogen) atoms. The lowest BCUT2D eigenvalue weighted by molar-refractivity contribution is -0.115. The first-order valence-corrected chi connectivity index (χ1v) is 9.92. The van der Waals surface area contributed by atoms with E-state index in [1.807, 2.05) is 0 Å². The van der Waals surface area contributed by atoms with E-state index in [1.54, 1.807) is 45.0 Å². The summed E-state index contributed by atoms with van der Waals surface area (Å²) < 4.78 is 32.2. The molecule has 0 saturated heterocycles. The maximum atomic E-state index is 12.3. The minimum absolute atomic E-state index is 0.0903.